The van der Waals surface area contributed by atoms with E-state index in [9.17, 15) is 13.6 Å². The summed E-state index contributed by atoms with van der Waals surface area (Å²) in [5.41, 5.74) is 9.31. The van der Waals surface area contributed by atoms with E-state index in [1.165, 1.54) is 12.1 Å². The first-order valence-corrected chi connectivity index (χ1v) is 8.98. The Morgan fingerprint density at radius 1 is 1.17 bits per heavy atom. The van der Waals surface area contributed by atoms with E-state index in [2.05, 4.69) is 20.0 Å². The average Bonchev–Trinajstić information content (AvgIpc) is 3.14. The number of aromatic nitrogens is 3. The molecule has 2 aromatic carbocycles. The summed E-state index contributed by atoms with van der Waals surface area (Å²) in [7, 11) is 0. The number of carbonyl (C=O) groups is 1. The monoisotopic (exact) mass is 409 g/mol. The van der Waals surface area contributed by atoms with E-state index in [0.717, 1.165) is 11.3 Å². The normalized spacial score (nSPS) is 11.1. The maximum Gasteiger partial charge on any atom is 0.387 e. The summed E-state index contributed by atoms with van der Waals surface area (Å²) in [6.45, 7) is -1.08. The van der Waals surface area contributed by atoms with Gasteiger partial charge in [-0.25, -0.2) is 9.97 Å². The minimum atomic E-state index is -2.87. The molecular weight excluding hydrogens is 392 g/mol. The van der Waals surface area contributed by atoms with Crippen LogP contribution in [0.3, 0.4) is 0 Å². The molecule has 0 radical (unpaired) electrons. The van der Waals surface area contributed by atoms with Crippen molar-refractivity contribution in [2.24, 2.45) is 5.73 Å². The molecule has 2 aromatic heterocycles. The summed E-state index contributed by atoms with van der Waals surface area (Å²) in [4.78, 5) is 20.4. The Hall–Kier alpha value is -4.01. The number of alkyl halides is 2. The number of nitrogens with two attached hydrogens (primary N) is 1. The number of hydrogen-bond donors (Lipinski definition) is 2. The SMILES string of the molecule is Cc1c(Nc2nccn3c(-c4ccc(OC(F)F)cc4)cnc23)cccc1C(N)=O. The fourth-order valence-corrected chi connectivity index (χ4v) is 3.19. The van der Waals surface area contributed by atoms with Crippen molar-refractivity contribution in [3.8, 4) is 17.0 Å². The van der Waals surface area contributed by atoms with Crippen molar-refractivity contribution in [2.45, 2.75) is 13.5 Å². The van der Waals surface area contributed by atoms with Crippen molar-refractivity contribution in [3.05, 3.63) is 72.2 Å². The number of fused-ring (bicyclic) bond motifs is 1. The molecule has 0 unspecified atom stereocenters. The number of nitrogens with one attached hydrogen (secondary N) is 1. The number of ether oxygens (including phenoxy) is 1. The first kappa shape index (κ1) is 19.3. The van der Waals surface area contributed by atoms with Gasteiger partial charge in [0.15, 0.2) is 11.5 Å². The van der Waals surface area contributed by atoms with Gasteiger partial charge >= 0.3 is 6.61 Å². The predicted octanol–water partition coefficient (Wildman–Crippen LogP) is 4.15. The lowest BCUT2D eigenvalue weighted by molar-refractivity contribution is -0.0498. The molecule has 1 amide bonds. The molecule has 0 fully saturated rings. The fourth-order valence-electron chi connectivity index (χ4n) is 3.19. The Balaban J connectivity index is 1.69. The van der Waals surface area contributed by atoms with Crippen molar-refractivity contribution >= 4 is 23.1 Å². The number of hydrogen-bond acceptors (Lipinski definition) is 5. The van der Waals surface area contributed by atoms with E-state index in [-0.39, 0.29) is 5.75 Å². The van der Waals surface area contributed by atoms with Crippen LogP contribution in [0.2, 0.25) is 0 Å². The summed E-state index contributed by atoms with van der Waals surface area (Å²) in [5.74, 6) is 0.0622. The largest absolute Gasteiger partial charge is 0.435 e. The number of halogens is 2. The molecule has 3 N–H and O–H groups in total. The molecule has 0 aliphatic heterocycles. The van der Waals surface area contributed by atoms with Crippen LogP contribution < -0.4 is 15.8 Å². The van der Waals surface area contributed by atoms with E-state index >= 15 is 0 Å². The zero-order valence-electron chi connectivity index (χ0n) is 15.8. The predicted molar refractivity (Wildman–Crippen MR) is 108 cm³/mol. The van der Waals surface area contributed by atoms with Crippen LogP contribution in [-0.2, 0) is 0 Å². The highest BCUT2D eigenvalue weighted by Crippen LogP contribution is 2.28. The summed E-state index contributed by atoms with van der Waals surface area (Å²) in [6, 6.07) is 11.5. The second-order valence-electron chi connectivity index (χ2n) is 6.48. The van der Waals surface area contributed by atoms with Crippen molar-refractivity contribution in [3.63, 3.8) is 0 Å². The molecule has 0 bridgehead atoms. The van der Waals surface area contributed by atoms with Gasteiger partial charge in [-0.15, -0.1) is 0 Å². The van der Waals surface area contributed by atoms with Gasteiger partial charge in [0.25, 0.3) is 0 Å². The maximum absolute atomic E-state index is 12.3. The Bertz CT molecular complexity index is 1220. The third-order valence-corrected chi connectivity index (χ3v) is 4.66. The van der Waals surface area contributed by atoms with Crippen LogP contribution in [0.25, 0.3) is 16.9 Å². The van der Waals surface area contributed by atoms with Gasteiger partial charge in [-0.3, -0.25) is 9.20 Å². The third kappa shape index (κ3) is 3.64. The molecule has 0 saturated heterocycles. The van der Waals surface area contributed by atoms with Crippen molar-refractivity contribution in [1.82, 2.24) is 14.4 Å². The van der Waals surface area contributed by atoms with E-state index in [1.807, 2.05) is 10.5 Å². The number of nitrogens with zero attached hydrogens (tertiary/aromatic N) is 3. The summed E-state index contributed by atoms with van der Waals surface area (Å²) < 4.78 is 30.9. The van der Waals surface area contributed by atoms with E-state index in [1.54, 1.807) is 49.8 Å². The molecular formula is C21H17F2N5O2. The minimum absolute atomic E-state index is 0.0800. The van der Waals surface area contributed by atoms with Crippen LogP contribution >= 0.6 is 0 Å². The Morgan fingerprint density at radius 2 is 1.93 bits per heavy atom. The highest BCUT2D eigenvalue weighted by Gasteiger charge is 2.14. The number of amides is 1. The van der Waals surface area contributed by atoms with Gasteiger partial charge < -0.3 is 15.8 Å². The highest BCUT2D eigenvalue weighted by atomic mass is 19.3. The molecule has 9 heteroatoms. The first-order chi connectivity index (χ1) is 14.4. The van der Waals surface area contributed by atoms with E-state index < -0.39 is 12.5 Å². The zero-order chi connectivity index (χ0) is 21.3. The molecule has 0 aliphatic rings. The smallest absolute Gasteiger partial charge is 0.387 e. The van der Waals surface area contributed by atoms with Crippen LogP contribution in [0.4, 0.5) is 20.3 Å². The van der Waals surface area contributed by atoms with E-state index in [4.69, 9.17) is 5.73 Å². The quantitative estimate of drug-likeness (QED) is 0.499. The molecule has 0 saturated carbocycles. The minimum Gasteiger partial charge on any atom is -0.435 e. The summed E-state index contributed by atoms with van der Waals surface area (Å²) in [5, 5.41) is 3.20. The summed E-state index contributed by atoms with van der Waals surface area (Å²) in [6.07, 6.45) is 5.03. The van der Waals surface area contributed by atoms with E-state index in [0.29, 0.717) is 28.3 Å². The highest BCUT2D eigenvalue weighted by molar-refractivity contribution is 5.96. The number of imidazole rings is 1. The standard InChI is InChI=1S/C21H17F2N5O2/c1-12-15(18(24)29)3-2-4-16(12)27-19-20-26-11-17(28(20)10-9-25-19)13-5-7-14(8-6-13)30-21(22)23/h2-11,21H,1H3,(H2,24,29)(H,25,27). The van der Waals surface area contributed by atoms with Gasteiger partial charge in [0.2, 0.25) is 5.91 Å². The molecule has 0 aliphatic carbocycles. The van der Waals surface area contributed by atoms with Crippen molar-refractivity contribution < 1.29 is 18.3 Å². The van der Waals surface area contributed by atoms with Crippen LogP contribution in [0, 0.1) is 6.92 Å². The Morgan fingerprint density at radius 3 is 2.63 bits per heavy atom. The molecule has 2 heterocycles. The van der Waals surface area contributed by atoms with Crippen molar-refractivity contribution in [2.75, 3.05) is 5.32 Å². The van der Waals surface area contributed by atoms with Crippen LogP contribution in [0.5, 0.6) is 5.75 Å². The number of anilines is 2. The van der Waals surface area contributed by atoms with Gasteiger partial charge in [0, 0.05) is 29.2 Å². The molecule has 152 valence electrons. The molecule has 30 heavy (non-hydrogen) atoms. The lowest BCUT2D eigenvalue weighted by atomic mass is 10.1. The maximum atomic E-state index is 12.3. The van der Waals surface area contributed by atoms with Gasteiger partial charge in [0.05, 0.1) is 11.9 Å². The Kier molecular flexibility index (Phi) is 5.01. The third-order valence-electron chi connectivity index (χ3n) is 4.66. The molecule has 4 rings (SSSR count). The van der Waals surface area contributed by atoms with Gasteiger partial charge in [-0.1, -0.05) is 6.07 Å². The second-order valence-corrected chi connectivity index (χ2v) is 6.48. The van der Waals surface area contributed by atoms with Gasteiger partial charge in [-0.2, -0.15) is 8.78 Å². The van der Waals surface area contributed by atoms with Crippen LogP contribution in [0.1, 0.15) is 15.9 Å². The van der Waals surface area contributed by atoms with Gasteiger partial charge in [-0.05, 0) is 48.9 Å². The zero-order valence-corrected chi connectivity index (χ0v) is 15.8. The topological polar surface area (TPSA) is 94.5 Å². The number of carbonyl (C=O) groups excluding carboxylic acids is 1. The number of rotatable bonds is 6. The van der Waals surface area contributed by atoms with Crippen LogP contribution in [0.15, 0.2) is 61.1 Å². The lowest BCUT2D eigenvalue weighted by Gasteiger charge is -2.12. The van der Waals surface area contributed by atoms with Gasteiger partial charge in [0.1, 0.15) is 5.75 Å². The number of primary amides is 1. The lowest BCUT2D eigenvalue weighted by Crippen LogP contribution is -2.13. The number of benzene rings is 2. The first-order valence-electron chi connectivity index (χ1n) is 8.98. The second kappa shape index (κ2) is 7.78. The molecule has 0 spiro atoms. The molecule has 7 nitrogen and oxygen atoms in total. The van der Waals surface area contributed by atoms with Crippen molar-refractivity contribution in [1.29, 1.82) is 0 Å². The average molecular weight is 409 g/mol. The fraction of sp³-hybridized carbons (Fsp3) is 0.0952. The molecule has 0 atom stereocenters. The summed E-state index contributed by atoms with van der Waals surface area (Å²) >= 11 is 0. The molecule has 4 aromatic rings. The van der Waals surface area contributed by atoms with Crippen LogP contribution in [-0.4, -0.2) is 26.9 Å². The Labute approximate surface area is 170 Å².